The van der Waals surface area contributed by atoms with Gasteiger partial charge < -0.3 is 15.0 Å². The Labute approximate surface area is 258 Å². The van der Waals surface area contributed by atoms with Gasteiger partial charge in [0.15, 0.2) is 17.1 Å². The van der Waals surface area contributed by atoms with Gasteiger partial charge in [-0.1, -0.05) is 13.8 Å². The molecule has 0 spiro atoms. The van der Waals surface area contributed by atoms with Gasteiger partial charge in [0, 0.05) is 53.8 Å². The minimum atomic E-state index is -0.381. The molecule has 0 aliphatic carbocycles. The first-order valence-electron chi connectivity index (χ1n) is 15.0. The molecule has 1 saturated heterocycles. The van der Waals surface area contributed by atoms with Gasteiger partial charge in [0.25, 0.3) is 0 Å². The lowest BCUT2D eigenvalue weighted by molar-refractivity contribution is -0.118. The number of carbonyl (C=O) groups excluding carboxylic acids is 1. The molecule has 1 aromatic carbocycles. The number of halogens is 1. The lowest BCUT2D eigenvalue weighted by atomic mass is 10.1. The van der Waals surface area contributed by atoms with Crippen molar-refractivity contribution in [1.82, 2.24) is 40.0 Å². The molecule has 0 saturated carbocycles. The zero-order valence-electron chi connectivity index (χ0n) is 25.0. The number of rotatable bonds is 9. The molecule has 0 radical (unpaired) electrons. The van der Waals surface area contributed by atoms with Crippen LogP contribution in [-0.2, 0) is 4.79 Å². The Morgan fingerprint density at radius 3 is 2.71 bits per heavy atom. The Kier molecular flexibility index (Phi) is 7.64. The summed E-state index contributed by atoms with van der Waals surface area (Å²) in [5.74, 6) is 0.376. The van der Waals surface area contributed by atoms with Crippen molar-refractivity contribution in [2.45, 2.75) is 26.7 Å². The highest BCUT2D eigenvalue weighted by Gasteiger charge is 2.18. The molecule has 11 nitrogen and oxygen atoms in total. The predicted molar refractivity (Wildman–Crippen MR) is 170 cm³/mol. The first-order chi connectivity index (χ1) is 21.9. The van der Waals surface area contributed by atoms with Crippen LogP contribution >= 0.6 is 0 Å². The van der Waals surface area contributed by atoms with Crippen molar-refractivity contribution in [2.24, 2.45) is 5.92 Å². The Bertz CT molecular complexity index is 2010. The van der Waals surface area contributed by atoms with Crippen molar-refractivity contribution in [1.29, 1.82) is 0 Å². The number of nitrogens with zero attached hydrogens (tertiary/aromatic N) is 6. The van der Waals surface area contributed by atoms with Crippen LogP contribution in [0.1, 0.15) is 26.7 Å². The number of carbonyl (C=O) groups is 1. The highest BCUT2D eigenvalue weighted by Crippen LogP contribution is 2.33. The van der Waals surface area contributed by atoms with Gasteiger partial charge in [0.1, 0.15) is 23.9 Å². The van der Waals surface area contributed by atoms with Gasteiger partial charge in [-0.15, -0.1) is 0 Å². The van der Waals surface area contributed by atoms with Gasteiger partial charge in [-0.3, -0.25) is 19.8 Å². The maximum absolute atomic E-state index is 14.8. The number of H-pyrrole nitrogens is 2. The van der Waals surface area contributed by atoms with Crippen LogP contribution in [0.15, 0.2) is 61.2 Å². The van der Waals surface area contributed by atoms with Gasteiger partial charge >= 0.3 is 0 Å². The highest BCUT2D eigenvalue weighted by atomic mass is 19.1. The highest BCUT2D eigenvalue weighted by molar-refractivity contribution is 5.96. The molecular formula is C33H32FN9O2. The fraction of sp³-hybridized carbons (Fsp3) is 0.273. The Morgan fingerprint density at radius 1 is 1.02 bits per heavy atom. The quantitative estimate of drug-likeness (QED) is 0.187. The monoisotopic (exact) mass is 605 g/mol. The fourth-order valence-corrected chi connectivity index (χ4v) is 5.56. The number of hydrogen-bond acceptors (Lipinski definition) is 8. The van der Waals surface area contributed by atoms with E-state index in [2.05, 4.69) is 40.3 Å². The van der Waals surface area contributed by atoms with Crippen molar-refractivity contribution >= 4 is 33.8 Å². The molecule has 45 heavy (non-hydrogen) atoms. The summed E-state index contributed by atoms with van der Waals surface area (Å²) in [5, 5.41) is 11.1. The summed E-state index contributed by atoms with van der Waals surface area (Å²) in [6, 6.07) is 10.4. The molecule has 1 amide bonds. The van der Waals surface area contributed by atoms with Crippen molar-refractivity contribution < 1.29 is 13.9 Å². The van der Waals surface area contributed by atoms with Gasteiger partial charge in [0.2, 0.25) is 5.91 Å². The third kappa shape index (κ3) is 5.96. The minimum absolute atomic E-state index is 0.0861. The summed E-state index contributed by atoms with van der Waals surface area (Å²) in [4.78, 5) is 36.0. The molecule has 0 unspecified atom stereocenters. The number of anilines is 1. The molecule has 5 aromatic heterocycles. The third-order valence-electron chi connectivity index (χ3n) is 7.96. The molecule has 12 heteroatoms. The first-order valence-corrected chi connectivity index (χ1v) is 15.0. The molecule has 1 fully saturated rings. The number of aromatic amines is 2. The summed E-state index contributed by atoms with van der Waals surface area (Å²) in [5.41, 5.74) is 5.87. The van der Waals surface area contributed by atoms with Crippen LogP contribution in [0, 0.1) is 11.7 Å². The van der Waals surface area contributed by atoms with Gasteiger partial charge in [-0.05, 0) is 61.8 Å². The van der Waals surface area contributed by atoms with E-state index in [4.69, 9.17) is 9.72 Å². The zero-order chi connectivity index (χ0) is 30.9. The lowest BCUT2D eigenvalue weighted by Gasteiger charge is -2.15. The Balaban J connectivity index is 1.20. The van der Waals surface area contributed by atoms with Crippen molar-refractivity contribution in [3.63, 3.8) is 0 Å². The molecular weight excluding hydrogens is 573 g/mol. The average Bonchev–Trinajstić information content (AvgIpc) is 3.80. The second-order valence-electron chi connectivity index (χ2n) is 11.5. The number of aromatic nitrogens is 7. The van der Waals surface area contributed by atoms with Gasteiger partial charge in [0.05, 0.1) is 22.8 Å². The molecule has 3 N–H and O–H groups in total. The van der Waals surface area contributed by atoms with Crippen LogP contribution < -0.4 is 10.1 Å². The van der Waals surface area contributed by atoms with Crippen LogP contribution in [0.5, 0.6) is 5.75 Å². The van der Waals surface area contributed by atoms with Crippen molar-refractivity contribution in [2.75, 3.05) is 31.6 Å². The predicted octanol–water partition coefficient (Wildman–Crippen LogP) is 5.83. The van der Waals surface area contributed by atoms with E-state index in [9.17, 15) is 9.18 Å². The number of fused-ring (bicyclic) bond motifs is 2. The largest absolute Gasteiger partial charge is 0.492 e. The van der Waals surface area contributed by atoms with E-state index in [-0.39, 0.29) is 17.6 Å². The number of ether oxygens (including phenoxy) is 1. The minimum Gasteiger partial charge on any atom is -0.492 e. The molecule has 1 aliphatic heterocycles. The van der Waals surface area contributed by atoms with Crippen molar-refractivity contribution in [3.8, 4) is 39.5 Å². The fourth-order valence-electron chi connectivity index (χ4n) is 5.56. The number of nitrogens with one attached hydrogen (secondary N) is 3. The molecule has 1 aliphatic rings. The second kappa shape index (κ2) is 12.0. The lowest BCUT2D eigenvalue weighted by Crippen LogP contribution is -2.25. The number of imidazole rings is 1. The summed E-state index contributed by atoms with van der Waals surface area (Å²) < 4.78 is 20.7. The van der Waals surface area contributed by atoms with Crippen LogP contribution in [-0.4, -0.2) is 72.2 Å². The normalized spacial score (nSPS) is 13.7. The van der Waals surface area contributed by atoms with E-state index in [0.717, 1.165) is 41.7 Å². The van der Waals surface area contributed by atoms with E-state index in [1.807, 2.05) is 38.1 Å². The van der Waals surface area contributed by atoms with E-state index in [1.54, 1.807) is 24.8 Å². The molecule has 6 heterocycles. The Hall–Kier alpha value is -5.23. The van der Waals surface area contributed by atoms with Crippen LogP contribution in [0.3, 0.4) is 0 Å². The molecule has 0 bridgehead atoms. The smallest absolute Gasteiger partial charge is 0.226 e. The maximum Gasteiger partial charge on any atom is 0.226 e. The molecule has 228 valence electrons. The van der Waals surface area contributed by atoms with Crippen LogP contribution in [0.25, 0.3) is 56.0 Å². The third-order valence-corrected chi connectivity index (χ3v) is 7.96. The van der Waals surface area contributed by atoms with E-state index >= 15 is 0 Å². The molecule has 6 aromatic rings. The second-order valence-corrected chi connectivity index (χ2v) is 11.5. The topological polar surface area (TPSA) is 138 Å². The maximum atomic E-state index is 14.8. The Morgan fingerprint density at radius 2 is 1.87 bits per heavy atom. The SMILES string of the molecule is CC(C)C(=O)Nc1cncc(-c2cnc3n[nH]c(-c4nc5nccc(-c6cc(F)cc(OCCN7CCCC7)c6)c5[nH]4)c3c2)c1. The number of likely N-dealkylation sites (tertiary alicyclic amines) is 1. The van der Waals surface area contributed by atoms with E-state index in [0.29, 0.717) is 51.9 Å². The van der Waals surface area contributed by atoms with Gasteiger partial charge in [-0.2, -0.15) is 5.10 Å². The van der Waals surface area contributed by atoms with Crippen LogP contribution in [0.2, 0.25) is 0 Å². The number of amides is 1. The number of hydrogen-bond donors (Lipinski definition) is 3. The van der Waals surface area contributed by atoms with E-state index in [1.165, 1.54) is 25.0 Å². The summed E-state index contributed by atoms with van der Waals surface area (Å²) in [7, 11) is 0. The number of benzene rings is 1. The first kappa shape index (κ1) is 28.5. The summed E-state index contributed by atoms with van der Waals surface area (Å²) >= 11 is 0. The number of pyridine rings is 3. The standard InChI is InChI=1S/C33H32FN9O2/c1-19(2)33(44)38-24-12-21(16-35-18-24)22-14-27-29(41-42-30(27)37-17-22)32-39-28-26(5-6-36-31(28)40-32)20-11-23(34)15-25(13-20)45-10-9-43-7-3-4-8-43/h5-6,11-19H,3-4,7-10H2,1-2H3,(H,38,44)(H,36,39,40)(H,37,41,42). The average molecular weight is 606 g/mol. The van der Waals surface area contributed by atoms with Crippen molar-refractivity contribution in [3.05, 3.63) is 67.0 Å². The summed E-state index contributed by atoms with van der Waals surface area (Å²) in [6.07, 6.45) is 9.12. The van der Waals surface area contributed by atoms with Crippen LogP contribution in [0.4, 0.5) is 10.1 Å². The summed E-state index contributed by atoms with van der Waals surface area (Å²) in [6.45, 7) is 7.16. The molecule has 7 rings (SSSR count). The molecule has 0 atom stereocenters. The van der Waals surface area contributed by atoms with E-state index < -0.39 is 0 Å². The zero-order valence-corrected chi connectivity index (χ0v) is 25.0. The van der Waals surface area contributed by atoms with Gasteiger partial charge in [-0.25, -0.2) is 19.3 Å².